The van der Waals surface area contributed by atoms with Gasteiger partial charge in [0.15, 0.2) is 0 Å². The van der Waals surface area contributed by atoms with Gasteiger partial charge >= 0.3 is 36.0 Å². The molecule has 168 valence electrons. The van der Waals surface area contributed by atoms with Crippen LogP contribution in [0.25, 0.3) is 0 Å². The van der Waals surface area contributed by atoms with E-state index in [1.54, 1.807) is 0 Å². The van der Waals surface area contributed by atoms with E-state index in [-0.39, 0.29) is 12.1 Å². The topological polar surface area (TPSA) is 0 Å². The summed E-state index contributed by atoms with van der Waals surface area (Å²) >= 11 is 0. The normalized spacial score (nSPS) is 15.2. The third-order valence-corrected chi connectivity index (χ3v) is 3.88. The van der Waals surface area contributed by atoms with Gasteiger partial charge in [0.05, 0.1) is 0 Å². The summed E-state index contributed by atoms with van der Waals surface area (Å²) in [6.45, 7) is 1.92. The van der Waals surface area contributed by atoms with Crippen molar-refractivity contribution in [2.24, 2.45) is 0 Å². The van der Waals surface area contributed by atoms with E-state index in [2.05, 4.69) is 0 Å². The fourth-order valence-corrected chi connectivity index (χ4v) is 2.23. The Morgan fingerprint density at radius 1 is 0.586 bits per heavy atom. The Morgan fingerprint density at radius 3 is 1.31 bits per heavy atom. The first-order valence-corrected chi connectivity index (χ1v) is 7.33. The van der Waals surface area contributed by atoms with Crippen molar-refractivity contribution in [2.45, 2.75) is 55.8 Å². The molecule has 0 amide bonds. The summed E-state index contributed by atoms with van der Waals surface area (Å²) < 4.78 is 182. The summed E-state index contributed by atoms with van der Waals surface area (Å²) in [5.74, 6) is -27.5. The fraction of sp³-hybridized carbons (Fsp3) is 0.600. The Balaban J connectivity index is 3.83. The predicted molar refractivity (Wildman–Crippen MR) is 70.3 cm³/mol. The zero-order valence-corrected chi connectivity index (χ0v) is 14.1. The molecule has 0 radical (unpaired) electrons. The fourth-order valence-electron chi connectivity index (χ4n) is 2.23. The summed E-state index contributed by atoms with van der Waals surface area (Å²) in [6.07, 6.45) is -13.8. The van der Waals surface area contributed by atoms with E-state index in [4.69, 9.17) is 0 Å². The smallest absolute Gasteiger partial charge is 0.194 e. The number of benzene rings is 1. The minimum absolute atomic E-state index is 0.0655. The molecule has 0 aromatic heterocycles. The second-order valence-electron chi connectivity index (χ2n) is 6.25. The van der Waals surface area contributed by atoms with Crippen molar-refractivity contribution in [2.75, 3.05) is 0 Å². The molecule has 1 aromatic carbocycles. The van der Waals surface area contributed by atoms with Gasteiger partial charge in [0, 0.05) is 11.1 Å². The molecule has 1 aromatic rings. The van der Waals surface area contributed by atoms with Crippen molar-refractivity contribution in [1.29, 1.82) is 0 Å². The monoisotopic (exact) mass is 456 g/mol. The van der Waals surface area contributed by atoms with Gasteiger partial charge in [-0.15, -0.1) is 0 Å². The molecule has 0 saturated heterocycles. The van der Waals surface area contributed by atoms with Gasteiger partial charge in [-0.05, 0) is 17.5 Å². The highest BCUT2D eigenvalue weighted by molar-refractivity contribution is 5.41. The number of hydrogen-bond donors (Lipinski definition) is 0. The third-order valence-electron chi connectivity index (χ3n) is 3.88. The number of hydrogen-bond acceptors (Lipinski definition) is 0. The highest BCUT2D eigenvalue weighted by atomic mass is 19.4. The molecule has 14 heteroatoms. The zero-order valence-electron chi connectivity index (χ0n) is 14.1. The van der Waals surface area contributed by atoms with Crippen LogP contribution in [0, 0.1) is 0 Å². The van der Waals surface area contributed by atoms with Crippen LogP contribution in [0.15, 0.2) is 18.2 Å². The van der Waals surface area contributed by atoms with Crippen molar-refractivity contribution in [3.8, 4) is 0 Å². The summed E-state index contributed by atoms with van der Waals surface area (Å²) in [7, 11) is 0. The van der Waals surface area contributed by atoms with Gasteiger partial charge in [-0.1, -0.05) is 26.0 Å². The molecule has 0 heterocycles. The maximum Gasteiger partial charge on any atom is 0.460 e. The first-order chi connectivity index (χ1) is 12.5. The largest absolute Gasteiger partial charge is 0.460 e. The summed E-state index contributed by atoms with van der Waals surface area (Å²) in [5, 5.41) is 0. The van der Waals surface area contributed by atoms with Crippen LogP contribution in [0.4, 0.5) is 61.5 Å². The van der Waals surface area contributed by atoms with Gasteiger partial charge in [-0.3, -0.25) is 0 Å². The molecule has 0 saturated carbocycles. The van der Waals surface area contributed by atoms with Gasteiger partial charge in [0.2, 0.25) is 0 Å². The Hall–Kier alpha value is -1.76. The van der Waals surface area contributed by atoms with Crippen molar-refractivity contribution in [3.63, 3.8) is 0 Å². The zero-order chi connectivity index (χ0) is 23.4. The molecule has 0 fully saturated rings. The molecule has 0 bridgehead atoms. The minimum atomic E-state index is -6.89. The predicted octanol–water partition coefficient (Wildman–Crippen LogP) is 7.39. The van der Waals surface area contributed by atoms with Crippen LogP contribution in [0.5, 0.6) is 0 Å². The lowest BCUT2D eigenvalue weighted by Crippen LogP contribution is -2.51. The van der Waals surface area contributed by atoms with Crippen LogP contribution in [0.2, 0.25) is 0 Å². The molecular formula is C15H10F14. The summed E-state index contributed by atoms with van der Waals surface area (Å²) in [4.78, 5) is 0. The molecule has 29 heavy (non-hydrogen) atoms. The van der Waals surface area contributed by atoms with E-state index in [1.165, 1.54) is 0 Å². The SMILES string of the molecule is CC(C)c1ccc(C(F)(F)C(F)(F)C(F)(F)F)cc1C(F)(F)C(F)(F)C(F)(F)F. The van der Waals surface area contributed by atoms with Crippen molar-refractivity contribution >= 4 is 0 Å². The first-order valence-electron chi connectivity index (χ1n) is 7.33. The van der Waals surface area contributed by atoms with E-state index in [0.717, 1.165) is 13.8 Å². The van der Waals surface area contributed by atoms with Crippen LogP contribution in [0.3, 0.4) is 0 Å². The van der Waals surface area contributed by atoms with Crippen LogP contribution in [-0.4, -0.2) is 24.2 Å². The average molecular weight is 456 g/mol. The summed E-state index contributed by atoms with van der Waals surface area (Å²) in [6, 6.07) is -1.01. The van der Waals surface area contributed by atoms with Crippen molar-refractivity contribution in [3.05, 3.63) is 34.9 Å². The maximum absolute atomic E-state index is 14.0. The van der Waals surface area contributed by atoms with Gasteiger partial charge < -0.3 is 0 Å². The van der Waals surface area contributed by atoms with Crippen molar-refractivity contribution < 1.29 is 61.5 Å². The minimum Gasteiger partial charge on any atom is -0.194 e. The molecule has 0 aliphatic rings. The standard InChI is InChI=1S/C15H10F14/c1-6(2)8-4-3-7(10(16,17)12(20,21)14(24,25)26)5-9(8)11(18,19)13(22,23)15(27,28)29/h3-6H,1-2H3. The Kier molecular flexibility index (Phi) is 6.01. The molecule has 0 unspecified atom stereocenters. The van der Waals surface area contributed by atoms with E-state index in [0.29, 0.717) is 0 Å². The number of halogens is 14. The lowest BCUT2D eigenvalue weighted by atomic mass is 9.87. The number of rotatable bonds is 5. The van der Waals surface area contributed by atoms with Crippen molar-refractivity contribution in [1.82, 2.24) is 0 Å². The van der Waals surface area contributed by atoms with Gasteiger partial charge in [0.25, 0.3) is 0 Å². The van der Waals surface area contributed by atoms with Gasteiger partial charge in [-0.2, -0.15) is 61.5 Å². The molecule has 0 N–H and O–H groups in total. The second kappa shape index (κ2) is 6.89. The van der Waals surface area contributed by atoms with Gasteiger partial charge in [-0.25, -0.2) is 0 Å². The average Bonchev–Trinajstić information content (AvgIpc) is 2.51. The molecule has 0 nitrogen and oxygen atoms in total. The molecule has 0 spiro atoms. The Bertz CT molecular complexity index is 738. The van der Waals surface area contributed by atoms with Crippen LogP contribution in [-0.2, 0) is 11.8 Å². The van der Waals surface area contributed by atoms with Gasteiger partial charge in [0.1, 0.15) is 0 Å². The lowest BCUT2D eigenvalue weighted by Gasteiger charge is -2.32. The highest BCUT2D eigenvalue weighted by Gasteiger charge is 2.75. The van der Waals surface area contributed by atoms with Crippen LogP contribution >= 0.6 is 0 Å². The van der Waals surface area contributed by atoms with E-state index < -0.39 is 64.7 Å². The molecule has 0 atom stereocenters. The Morgan fingerprint density at radius 2 is 0.966 bits per heavy atom. The van der Waals surface area contributed by atoms with E-state index in [9.17, 15) is 61.5 Å². The molecular weight excluding hydrogens is 446 g/mol. The molecule has 1 rings (SSSR count). The molecule has 0 aliphatic carbocycles. The second-order valence-corrected chi connectivity index (χ2v) is 6.25. The molecule has 0 aliphatic heterocycles. The van der Waals surface area contributed by atoms with E-state index >= 15 is 0 Å². The Labute approximate surface area is 153 Å². The quantitative estimate of drug-likeness (QED) is 0.406. The van der Waals surface area contributed by atoms with Crippen LogP contribution in [0.1, 0.15) is 36.5 Å². The van der Waals surface area contributed by atoms with Crippen LogP contribution < -0.4 is 0 Å². The lowest BCUT2D eigenvalue weighted by molar-refractivity contribution is -0.361. The number of alkyl halides is 14. The van der Waals surface area contributed by atoms with E-state index in [1.807, 2.05) is 0 Å². The summed E-state index contributed by atoms with van der Waals surface area (Å²) in [5.41, 5.74) is -6.06. The maximum atomic E-state index is 14.0. The third kappa shape index (κ3) is 3.86. The highest BCUT2D eigenvalue weighted by Crippen LogP contribution is 2.56. The first kappa shape index (κ1) is 25.3.